The van der Waals surface area contributed by atoms with Crippen molar-refractivity contribution < 1.29 is 4.21 Å². The highest BCUT2D eigenvalue weighted by atomic mass is 32.2. The summed E-state index contributed by atoms with van der Waals surface area (Å²) >= 11 is 0. The first-order valence-corrected chi connectivity index (χ1v) is 10.4. The second kappa shape index (κ2) is 7.49. The molecule has 0 radical (unpaired) electrons. The Labute approximate surface area is 145 Å². The van der Waals surface area contributed by atoms with Crippen LogP contribution in [0.4, 0.5) is 0 Å². The Balaban J connectivity index is 1.77. The number of aryl methyl sites for hydroxylation is 2. The third-order valence-corrected chi connectivity index (χ3v) is 7.05. The fraction of sp³-hybridized carbons (Fsp3) is 0.400. The van der Waals surface area contributed by atoms with E-state index < -0.39 is 9.71 Å². The maximum absolute atomic E-state index is 13.5. The maximum atomic E-state index is 13.5. The molecule has 1 aliphatic heterocycles. The Morgan fingerprint density at radius 3 is 2.71 bits per heavy atom. The summed E-state index contributed by atoms with van der Waals surface area (Å²) in [5.41, 5.74) is 2.29. The normalized spacial score (nSPS) is 21.3. The molecule has 0 spiro atoms. The minimum atomic E-state index is -2.42. The van der Waals surface area contributed by atoms with E-state index in [1.165, 1.54) is 12.0 Å². The highest BCUT2D eigenvalue weighted by Crippen LogP contribution is 2.28. The van der Waals surface area contributed by atoms with E-state index in [9.17, 15) is 4.21 Å². The standard InChI is InChI=1S/C20H26N2OS/c1-17-9-13-20(14-10-17)24(2,23)22-16-6-4-8-19(22)12-11-18-7-3-5-15-21-18/h3,5,7,9-10,13-15,19H,2,4,6,8,11-12,16H2,1H3. The van der Waals surface area contributed by atoms with Crippen LogP contribution in [-0.4, -0.2) is 32.0 Å². The molecule has 1 fully saturated rings. The van der Waals surface area contributed by atoms with Gasteiger partial charge in [0.1, 0.15) is 0 Å². The van der Waals surface area contributed by atoms with E-state index in [1.54, 1.807) is 0 Å². The number of nitrogens with zero attached hydrogens (tertiary/aromatic N) is 2. The molecule has 1 aromatic heterocycles. The largest absolute Gasteiger partial charge is 0.261 e. The molecule has 0 amide bonds. The number of rotatable bonds is 5. The van der Waals surface area contributed by atoms with Crippen molar-refractivity contribution in [3.05, 3.63) is 59.9 Å². The third-order valence-electron chi connectivity index (χ3n) is 4.80. The van der Waals surface area contributed by atoms with Crippen LogP contribution in [0.1, 0.15) is 36.9 Å². The van der Waals surface area contributed by atoms with Crippen molar-refractivity contribution in [1.82, 2.24) is 9.29 Å². The van der Waals surface area contributed by atoms with Gasteiger partial charge >= 0.3 is 0 Å². The Morgan fingerprint density at radius 1 is 1.21 bits per heavy atom. The smallest absolute Gasteiger partial charge is 0.0561 e. The van der Waals surface area contributed by atoms with Crippen molar-refractivity contribution in [2.45, 2.75) is 50.0 Å². The first-order valence-electron chi connectivity index (χ1n) is 8.68. The Hall–Kier alpha value is -1.65. The minimum absolute atomic E-state index is 0.312. The first-order chi connectivity index (χ1) is 11.6. The monoisotopic (exact) mass is 342 g/mol. The second-order valence-electron chi connectivity index (χ2n) is 6.60. The van der Waals surface area contributed by atoms with Crippen molar-refractivity contribution in [3.63, 3.8) is 0 Å². The van der Waals surface area contributed by atoms with Crippen LogP contribution in [0.5, 0.6) is 0 Å². The van der Waals surface area contributed by atoms with E-state index in [-0.39, 0.29) is 0 Å². The van der Waals surface area contributed by atoms with Crippen LogP contribution in [0.2, 0.25) is 0 Å². The van der Waals surface area contributed by atoms with Crippen LogP contribution >= 0.6 is 0 Å². The average Bonchev–Trinajstić information content (AvgIpc) is 2.61. The molecule has 0 saturated carbocycles. The number of pyridine rings is 1. The fourth-order valence-corrected chi connectivity index (χ4v) is 5.35. The fourth-order valence-electron chi connectivity index (χ4n) is 3.40. The summed E-state index contributed by atoms with van der Waals surface area (Å²) in [5, 5.41) is 0. The molecule has 2 heterocycles. The van der Waals surface area contributed by atoms with Gasteiger partial charge in [-0.1, -0.05) is 30.2 Å². The summed E-state index contributed by atoms with van der Waals surface area (Å²) in [6.07, 6.45) is 7.13. The van der Waals surface area contributed by atoms with Gasteiger partial charge in [0.25, 0.3) is 0 Å². The van der Waals surface area contributed by atoms with Crippen molar-refractivity contribution in [2.75, 3.05) is 6.54 Å². The lowest BCUT2D eigenvalue weighted by Crippen LogP contribution is -2.43. The summed E-state index contributed by atoms with van der Waals surface area (Å²) < 4.78 is 15.6. The van der Waals surface area contributed by atoms with Crippen LogP contribution in [0, 0.1) is 6.92 Å². The van der Waals surface area contributed by atoms with Gasteiger partial charge in [0, 0.05) is 29.4 Å². The number of aromatic nitrogens is 1. The van der Waals surface area contributed by atoms with Gasteiger partial charge in [-0.2, -0.15) is 0 Å². The zero-order valence-electron chi connectivity index (χ0n) is 14.4. The molecule has 1 saturated heterocycles. The number of hydrogen-bond donors (Lipinski definition) is 0. The summed E-state index contributed by atoms with van der Waals surface area (Å²) in [6, 6.07) is 14.3. The maximum Gasteiger partial charge on any atom is 0.0561 e. The molecule has 2 atom stereocenters. The van der Waals surface area contributed by atoms with Crippen LogP contribution in [0.3, 0.4) is 0 Å². The molecule has 1 aliphatic rings. The molecule has 0 bridgehead atoms. The molecular formula is C20H26N2OS. The lowest BCUT2D eigenvalue weighted by Gasteiger charge is -2.37. The van der Waals surface area contributed by atoms with Gasteiger partial charge in [0.2, 0.25) is 0 Å². The van der Waals surface area contributed by atoms with E-state index in [1.807, 2.05) is 49.5 Å². The quantitative estimate of drug-likeness (QED) is 0.773. The molecule has 1 aromatic carbocycles. The zero-order valence-corrected chi connectivity index (χ0v) is 15.2. The van der Waals surface area contributed by atoms with Crippen molar-refractivity contribution in [2.24, 2.45) is 0 Å². The summed E-state index contributed by atoms with van der Waals surface area (Å²) in [4.78, 5) is 5.26. The molecule has 2 aromatic rings. The molecule has 3 rings (SSSR count). The lowest BCUT2D eigenvalue weighted by molar-refractivity contribution is 0.250. The Bertz CT molecular complexity index is 754. The number of piperidine rings is 1. The summed E-state index contributed by atoms with van der Waals surface area (Å²) in [7, 11) is -2.42. The van der Waals surface area contributed by atoms with Crippen molar-refractivity contribution >= 4 is 15.6 Å². The predicted molar refractivity (Wildman–Crippen MR) is 102 cm³/mol. The van der Waals surface area contributed by atoms with E-state index >= 15 is 0 Å². The van der Waals surface area contributed by atoms with Gasteiger partial charge in [-0.15, -0.1) is 0 Å². The highest BCUT2D eigenvalue weighted by Gasteiger charge is 2.29. The van der Waals surface area contributed by atoms with E-state index in [2.05, 4.69) is 21.2 Å². The van der Waals surface area contributed by atoms with E-state index in [4.69, 9.17) is 0 Å². The van der Waals surface area contributed by atoms with Crippen LogP contribution in [-0.2, 0) is 16.1 Å². The van der Waals surface area contributed by atoms with Gasteiger partial charge in [-0.05, 0) is 62.7 Å². The zero-order chi connectivity index (χ0) is 17.0. The average molecular weight is 343 g/mol. The molecule has 128 valence electrons. The van der Waals surface area contributed by atoms with Crippen LogP contribution in [0.15, 0.2) is 53.6 Å². The van der Waals surface area contributed by atoms with Crippen molar-refractivity contribution in [1.29, 1.82) is 0 Å². The first kappa shape index (κ1) is 17.2. The molecular weight excluding hydrogens is 316 g/mol. The lowest BCUT2D eigenvalue weighted by atomic mass is 9.99. The van der Waals surface area contributed by atoms with E-state index in [0.717, 1.165) is 42.8 Å². The minimum Gasteiger partial charge on any atom is -0.261 e. The molecule has 2 unspecified atom stereocenters. The number of hydrogen-bond acceptors (Lipinski definition) is 2. The Kier molecular flexibility index (Phi) is 5.36. The molecule has 0 N–H and O–H groups in total. The summed E-state index contributed by atoms with van der Waals surface area (Å²) in [6.45, 7) is 2.91. The van der Waals surface area contributed by atoms with Gasteiger partial charge < -0.3 is 0 Å². The predicted octanol–water partition coefficient (Wildman–Crippen LogP) is 3.87. The second-order valence-corrected chi connectivity index (χ2v) is 8.82. The molecule has 4 heteroatoms. The third kappa shape index (κ3) is 3.87. The highest BCUT2D eigenvalue weighted by molar-refractivity contribution is 7.98. The Morgan fingerprint density at radius 2 is 2.00 bits per heavy atom. The number of benzene rings is 1. The SMILES string of the molecule is C=S(=O)(c1ccc(C)cc1)N1CCCCC1CCc1ccccn1. The van der Waals surface area contributed by atoms with E-state index in [0.29, 0.717) is 6.04 Å². The van der Waals surface area contributed by atoms with Gasteiger partial charge in [-0.3, -0.25) is 4.98 Å². The molecule has 0 aliphatic carbocycles. The van der Waals surface area contributed by atoms with Crippen LogP contribution in [0.25, 0.3) is 0 Å². The van der Waals surface area contributed by atoms with Gasteiger partial charge in [0.05, 0.1) is 9.71 Å². The van der Waals surface area contributed by atoms with Gasteiger partial charge in [-0.25, -0.2) is 8.51 Å². The summed E-state index contributed by atoms with van der Waals surface area (Å²) in [5.74, 6) is 4.14. The van der Waals surface area contributed by atoms with Crippen molar-refractivity contribution in [3.8, 4) is 0 Å². The molecule has 3 nitrogen and oxygen atoms in total. The molecule has 24 heavy (non-hydrogen) atoms. The van der Waals surface area contributed by atoms with Crippen LogP contribution < -0.4 is 0 Å². The topological polar surface area (TPSA) is 33.2 Å². The van der Waals surface area contributed by atoms with Gasteiger partial charge in [0.15, 0.2) is 0 Å².